The highest BCUT2D eigenvalue weighted by Gasteiger charge is 2.33. The first-order valence-electron chi connectivity index (χ1n) is 9.01. The summed E-state index contributed by atoms with van der Waals surface area (Å²) >= 11 is 0. The molecule has 1 aliphatic rings. The van der Waals surface area contributed by atoms with Crippen molar-refractivity contribution in [3.8, 4) is 22.6 Å². The number of nitrogens with zero attached hydrogens (tertiary/aromatic N) is 1. The average molecular weight is 384 g/mol. The fraction of sp³-hybridized carbons (Fsp3) is 0.333. The second-order valence-electron chi connectivity index (χ2n) is 6.82. The number of fused-ring (bicyclic) bond motifs is 1. The zero-order valence-corrected chi connectivity index (χ0v) is 16.4. The Morgan fingerprint density at radius 2 is 1.71 bits per heavy atom. The lowest BCUT2D eigenvalue weighted by Crippen LogP contribution is -2.45. The maximum absolute atomic E-state index is 12.2. The van der Waals surface area contributed by atoms with Crippen molar-refractivity contribution in [1.29, 1.82) is 0 Å². The van der Waals surface area contributed by atoms with E-state index < -0.39 is 12.1 Å². The Morgan fingerprint density at radius 1 is 1.07 bits per heavy atom. The summed E-state index contributed by atoms with van der Waals surface area (Å²) < 4.78 is 10.7. The van der Waals surface area contributed by atoms with Crippen LogP contribution in [0.3, 0.4) is 0 Å². The maximum atomic E-state index is 12.2. The molecule has 0 fully saturated rings. The fourth-order valence-corrected chi connectivity index (χ4v) is 3.82. The Kier molecular flexibility index (Phi) is 5.44. The number of carbonyl (C=O) groups is 2. The molecule has 2 aromatic rings. The van der Waals surface area contributed by atoms with E-state index in [1.807, 2.05) is 43.3 Å². The Morgan fingerprint density at radius 3 is 2.32 bits per heavy atom. The highest BCUT2D eigenvalue weighted by Crippen LogP contribution is 2.40. The molecule has 0 bridgehead atoms. The van der Waals surface area contributed by atoms with Crippen LogP contribution in [-0.2, 0) is 4.79 Å². The zero-order chi connectivity index (χ0) is 20.4. The van der Waals surface area contributed by atoms with Gasteiger partial charge in [0, 0.05) is 18.7 Å². The quantitative estimate of drug-likeness (QED) is 0.837. The van der Waals surface area contributed by atoms with Crippen molar-refractivity contribution < 1.29 is 24.2 Å². The van der Waals surface area contributed by atoms with Gasteiger partial charge in [-0.15, -0.1) is 0 Å². The summed E-state index contributed by atoms with van der Waals surface area (Å²) in [5.74, 6) is 1.17. The molecule has 0 spiro atoms. The fourth-order valence-electron chi connectivity index (χ4n) is 3.82. The number of hydrogen-bond acceptors (Lipinski definition) is 4. The van der Waals surface area contributed by atoms with E-state index in [0.717, 1.165) is 22.4 Å². The number of hydrogen-bond donors (Lipinski definition) is 2. The number of methoxy groups -OCH3 is 2. The molecule has 0 radical (unpaired) electrons. The minimum Gasteiger partial charge on any atom is -0.493 e. The first kappa shape index (κ1) is 19.5. The van der Waals surface area contributed by atoms with E-state index in [2.05, 4.69) is 5.32 Å². The molecule has 1 heterocycles. The van der Waals surface area contributed by atoms with Crippen LogP contribution in [0.2, 0.25) is 0 Å². The van der Waals surface area contributed by atoms with E-state index in [-0.39, 0.29) is 11.9 Å². The zero-order valence-electron chi connectivity index (χ0n) is 16.4. The average Bonchev–Trinajstić information content (AvgIpc) is 2.66. The summed E-state index contributed by atoms with van der Waals surface area (Å²) in [4.78, 5) is 25.2. The molecular formula is C21H24N2O5. The van der Waals surface area contributed by atoms with Gasteiger partial charge >= 0.3 is 6.09 Å². The molecule has 2 atom stereocenters. The monoisotopic (exact) mass is 384 g/mol. The largest absolute Gasteiger partial charge is 0.493 e. The molecule has 7 nitrogen and oxygen atoms in total. The second-order valence-corrected chi connectivity index (χ2v) is 6.82. The standard InChI is InChI=1S/C21H24N2O5/c1-12-9-17(22-21(25)26)16-10-14(5-7-18(16)23(12)13(2)24)15-6-8-19(27-3)20(11-15)28-4/h5-8,10-12,17,22H,9H2,1-4H3,(H,25,26)/t12-,17+/m0/s1. The Balaban J connectivity index is 2.10. The number of carboxylic acid groups (broad SMARTS) is 1. The molecular weight excluding hydrogens is 360 g/mol. The number of ether oxygens (including phenoxy) is 2. The van der Waals surface area contributed by atoms with Gasteiger partial charge in [-0.05, 0) is 54.3 Å². The summed E-state index contributed by atoms with van der Waals surface area (Å²) in [5, 5.41) is 11.8. The lowest BCUT2D eigenvalue weighted by atomic mass is 9.89. The van der Waals surface area contributed by atoms with Gasteiger partial charge in [-0.25, -0.2) is 4.79 Å². The van der Waals surface area contributed by atoms with Crippen LogP contribution < -0.4 is 19.7 Å². The maximum Gasteiger partial charge on any atom is 0.405 e. The van der Waals surface area contributed by atoms with Crippen LogP contribution in [-0.4, -0.2) is 37.4 Å². The molecule has 3 rings (SSSR count). The smallest absolute Gasteiger partial charge is 0.405 e. The molecule has 1 aliphatic heterocycles. The van der Waals surface area contributed by atoms with Gasteiger partial charge in [0.1, 0.15) is 0 Å². The molecule has 0 unspecified atom stereocenters. The number of amides is 2. The molecule has 0 saturated carbocycles. The third-order valence-electron chi connectivity index (χ3n) is 5.03. The van der Waals surface area contributed by atoms with Crippen LogP contribution in [0.15, 0.2) is 36.4 Å². The molecule has 7 heteroatoms. The van der Waals surface area contributed by atoms with Gasteiger partial charge in [0.2, 0.25) is 5.91 Å². The highest BCUT2D eigenvalue weighted by molar-refractivity contribution is 5.94. The highest BCUT2D eigenvalue weighted by atomic mass is 16.5. The summed E-state index contributed by atoms with van der Waals surface area (Å²) in [6.45, 7) is 3.44. The van der Waals surface area contributed by atoms with Gasteiger partial charge in [0.05, 0.1) is 20.3 Å². The van der Waals surface area contributed by atoms with Crippen LogP contribution in [0.1, 0.15) is 31.9 Å². The van der Waals surface area contributed by atoms with E-state index >= 15 is 0 Å². The second kappa shape index (κ2) is 7.80. The first-order chi connectivity index (χ1) is 13.3. The summed E-state index contributed by atoms with van der Waals surface area (Å²) in [7, 11) is 3.16. The molecule has 148 valence electrons. The third kappa shape index (κ3) is 3.60. The van der Waals surface area contributed by atoms with Crippen molar-refractivity contribution in [3.05, 3.63) is 42.0 Å². The topological polar surface area (TPSA) is 88.1 Å². The summed E-state index contributed by atoms with van der Waals surface area (Å²) in [6, 6.07) is 10.8. The van der Waals surface area contributed by atoms with Crippen molar-refractivity contribution in [1.82, 2.24) is 5.32 Å². The van der Waals surface area contributed by atoms with Crippen LogP contribution in [0.4, 0.5) is 10.5 Å². The number of rotatable bonds is 4. The molecule has 2 aromatic carbocycles. The lowest BCUT2D eigenvalue weighted by molar-refractivity contribution is -0.117. The number of carbonyl (C=O) groups excluding carboxylic acids is 1. The molecule has 28 heavy (non-hydrogen) atoms. The SMILES string of the molecule is COc1ccc(-c2ccc3c(c2)[C@H](NC(=O)O)C[C@H](C)N3C(C)=O)cc1OC. The Labute approximate surface area is 163 Å². The molecule has 2 N–H and O–H groups in total. The van der Waals surface area contributed by atoms with Gasteiger partial charge in [0.15, 0.2) is 11.5 Å². The minimum atomic E-state index is -1.09. The van der Waals surface area contributed by atoms with Crippen LogP contribution in [0, 0.1) is 0 Å². The number of anilines is 1. The van der Waals surface area contributed by atoms with E-state index in [1.54, 1.807) is 19.1 Å². The van der Waals surface area contributed by atoms with Crippen molar-refractivity contribution in [2.75, 3.05) is 19.1 Å². The summed E-state index contributed by atoms with van der Waals surface area (Å²) in [5.41, 5.74) is 3.31. The molecule has 0 saturated heterocycles. The minimum absolute atomic E-state index is 0.0682. The normalized spacial score (nSPS) is 18.2. The van der Waals surface area contributed by atoms with E-state index in [1.165, 1.54) is 6.92 Å². The van der Waals surface area contributed by atoms with Gasteiger partial charge in [0.25, 0.3) is 0 Å². The Bertz CT molecular complexity index is 912. The van der Waals surface area contributed by atoms with E-state index in [0.29, 0.717) is 17.9 Å². The van der Waals surface area contributed by atoms with Gasteiger partial charge in [-0.3, -0.25) is 4.79 Å². The number of benzene rings is 2. The summed E-state index contributed by atoms with van der Waals surface area (Å²) in [6.07, 6.45) is -0.579. The van der Waals surface area contributed by atoms with Crippen molar-refractivity contribution in [2.45, 2.75) is 32.4 Å². The van der Waals surface area contributed by atoms with Crippen LogP contribution in [0.5, 0.6) is 11.5 Å². The first-order valence-corrected chi connectivity index (χ1v) is 9.01. The van der Waals surface area contributed by atoms with Crippen molar-refractivity contribution in [3.63, 3.8) is 0 Å². The molecule has 0 aliphatic carbocycles. The van der Waals surface area contributed by atoms with E-state index in [4.69, 9.17) is 9.47 Å². The Hall–Kier alpha value is -3.22. The molecule has 0 aromatic heterocycles. The third-order valence-corrected chi connectivity index (χ3v) is 5.03. The van der Waals surface area contributed by atoms with Crippen molar-refractivity contribution >= 4 is 17.7 Å². The lowest BCUT2D eigenvalue weighted by Gasteiger charge is -2.39. The van der Waals surface area contributed by atoms with E-state index in [9.17, 15) is 14.7 Å². The number of nitrogens with one attached hydrogen (secondary N) is 1. The molecule has 2 amide bonds. The van der Waals surface area contributed by atoms with Crippen molar-refractivity contribution in [2.24, 2.45) is 0 Å². The van der Waals surface area contributed by atoms with Gasteiger partial charge < -0.3 is 24.8 Å². The van der Waals surface area contributed by atoms with Crippen LogP contribution >= 0.6 is 0 Å². The van der Waals surface area contributed by atoms with Gasteiger partial charge in [-0.1, -0.05) is 12.1 Å². The predicted molar refractivity (Wildman–Crippen MR) is 106 cm³/mol. The van der Waals surface area contributed by atoms with Gasteiger partial charge in [-0.2, -0.15) is 0 Å². The van der Waals surface area contributed by atoms with Crippen LogP contribution in [0.25, 0.3) is 11.1 Å². The predicted octanol–water partition coefficient (Wildman–Crippen LogP) is 3.82.